The molecule has 2 heteroatoms. The van der Waals surface area contributed by atoms with Crippen molar-refractivity contribution in [2.45, 2.75) is 27.2 Å². The minimum absolute atomic E-state index is 0.118. The second-order valence-corrected chi connectivity index (χ2v) is 6.45. The lowest BCUT2D eigenvalue weighted by Crippen LogP contribution is -2.12. The number of carbonyl (C=O) groups excluding carboxylic acids is 1. The average molecular weight is 294 g/mol. The number of hydrogen-bond donors (Lipinski definition) is 0. The Morgan fingerprint density at radius 3 is 2.05 bits per heavy atom. The number of benzene rings is 2. The molecule has 0 aliphatic rings. The summed E-state index contributed by atoms with van der Waals surface area (Å²) in [5, 5.41) is 0. The van der Waals surface area contributed by atoms with Gasteiger partial charge in [0.1, 0.15) is 5.75 Å². The maximum Gasteiger partial charge on any atom is 0.343 e. The van der Waals surface area contributed by atoms with Crippen molar-refractivity contribution in [3.05, 3.63) is 72.3 Å². The summed E-state index contributed by atoms with van der Waals surface area (Å²) in [4.78, 5) is 12.5. The zero-order valence-corrected chi connectivity index (χ0v) is 13.4. The van der Waals surface area contributed by atoms with Crippen molar-refractivity contribution in [1.29, 1.82) is 0 Å². The third-order valence-electron chi connectivity index (χ3n) is 3.18. The molecular formula is C20H22O2. The maximum absolute atomic E-state index is 12.5. The molecule has 0 fully saturated rings. The molecule has 0 amide bonds. The summed E-state index contributed by atoms with van der Waals surface area (Å²) in [5.74, 6) is 0.242. The molecule has 114 valence electrons. The number of rotatable bonds is 4. The van der Waals surface area contributed by atoms with Gasteiger partial charge in [0.05, 0.1) is 5.57 Å². The van der Waals surface area contributed by atoms with Crippen LogP contribution in [0.15, 0.2) is 66.7 Å². The number of carbonyl (C=O) groups is 1. The molecule has 0 spiro atoms. The average Bonchev–Trinajstić information content (AvgIpc) is 2.48. The van der Waals surface area contributed by atoms with E-state index in [1.807, 2.05) is 54.6 Å². The van der Waals surface area contributed by atoms with E-state index in [2.05, 4.69) is 20.8 Å². The van der Waals surface area contributed by atoms with Crippen molar-refractivity contribution in [3.8, 4) is 5.75 Å². The van der Waals surface area contributed by atoms with Gasteiger partial charge in [-0.15, -0.1) is 0 Å². The number of allylic oxidation sites excluding steroid dienone is 1. The number of esters is 1. The van der Waals surface area contributed by atoms with E-state index in [0.717, 1.165) is 12.0 Å². The molecule has 2 rings (SSSR count). The summed E-state index contributed by atoms with van der Waals surface area (Å²) in [6, 6.07) is 18.8. The van der Waals surface area contributed by atoms with Crippen LogP contribution in [0.2, 0.25) is 0 Å². The lowest BCUT2D eigenvalue weighted by atomic mass is 9.90. The van der Waals surface area contributed by atoms with E-state index >= 15 is 0 Å². The van der Waals surface area contributed by atoms with Crippen LogP contribution >= 0.6 is 0 Å². The van der Waals surface area contributed by atoms with Crippen molar-refractivity contribution >= 4 is 11.5 Å². The van der Waals surface area contributed by atoms with Crippen LogP contribution < -0.4 is 4.74 Å². The lowest BCUT2D eigenvalue weighted by molar-refractivity contribution is -0.127. The van der Waals surface area contributed by atoms with Crippen LogP contribution in [-0.2, 0) is 4.79 Å². The third-order valence-corrected chi connectivity index (χ3v) is 3.18. The van der Waals surface area contributed by atoms with Gasteiger partial charge in [0.15, 0.2) is 0 Å². The van der Waals surface area contributed by atoms with E-state index in [9.17, 15) is 4.79 Å². The summed E-state index contributed by atoms with van der Waals surface area (Å²) in [5.41, 5.74) is 1.61. The second-order valence-electron chi connectivity index (χ2n) is 6.45. The summed E-state index contributed by atoms with van der Waals surface area (Å²) < 4.78 is 5.49. The normalized spacial score (nSPS) is 12.0. The fraction of sp³-hybridized carbons (Fsp3) is 0.250. The molecule has 2 aromatic rings. The molecule has 0 saturated heterocycles. The molecule has 0 heterocycles. The highest BCUT2D eigenvalue weighted by molar-refractivity contribution is 6.17. The molecule has 0 saturated carbocycles. The van der Waals surface area contributed by atoms with Gasteiger partial charge in [0.25, 0.3) is 0 Å². The third kappa shape index (κ3) is 4.88. The van der Waals surface area contributed by atoms with E-state index in [1.54, 1.807) is 12.1 Å². The van der Waals surface area contributed by atoms with Crippen molar-refractivity contribution < 1.29 is 9.53 Å². The van der Waals surface area contributed by atoms with Crippen LogP contribution in [0.4, 0.5) is 0 Å². The predicted molar refractivity (Wildman–Crippen MR) is 90.6 cm³/mol. The second kappa shape index (κ2) is 7.08. The van der Waals surface area contributed by atoms with Crippen LogP contribution in [0, 0.1) is 5.41 Å². The highest BCUT2D eigenvalue weighted by Gasteiger charge is 2.16. The van der Waals surface area contributed by atoms with Gasteiger partial charge < -0.3 is 4.74 Å². The standard InChI is InChI=1S/C20H22O2/c1-20(2,3)15-14-18(16-10-6-4-7-11-16)19(21)22-17-12-8-5-9-13-17/h4-14H,15H2,1-3H3. The Bertz CT molecular complexity index is 634. The molecule has 0 bridgehead atoms. The zero-order valence-electron chi connectivity index (χ0n) is 13.4. The molecule has 0 N–H and O–H groups in total. The Balaban J connectivity index is 2.26. The van der Waals surface area contributed by atoms with Gasteiger partial charge in [-0.1, -0.05) is 75.4 Å². The monoisotopic (exact) mass is 294 g/mol. The molecule has 0 atom stereocenters. The van der Waals surface area contributed by atoms with Gasteiger partial charge in [-0.2, -0.15) is 0 Å². The van der Waals surface area contributed by atoms with Crippen molar-refractivity contribution in [2.24, 2.45) is 5.41 Å². The van der Waals surface area contributed by atoms with Crippen LogP contribution in [0.3, 0.4) is 0 Å². The molecule has 22 heavy (non-hydrogen) atoms. The number of para-hydroxylation sites is 1. The van der Waals surface area contributed by atoms with E-state index in [-0.39, 0.29) is 11.4 Å². The van der Waals surface area contributed by atoms with Gasteiger partial charge in [0, 0.05) is 0 Å². The molecule has 2 aromatic carbocycles. The van der Waals surface area contributed by atoms with Crippen molar-refractivity contribution in [1.82, 2.24) is 0 Å². The first-order valence-electron chi connectivity index (χ1n) is 7.48. The lowest BCUT2D eigenvalue weighted by Gasteiger charge is -2.16. The number of hydrogen-bond acceptors (Lipinski definition) is 2. The highest BCUT2D eigenvalue weighted by atomic mass is 16.5. The topological polar surface area (TPSA) is 26.3 Å². The minimum Gasteiger partial charge on any atom is -0.423 e. The number of ether oxygens (including phenoxy) is 1. The highest BCUT2D eigenvalue weighted by Crippen LogP contribution is 2.25. The molecule has 2 nitrogen and oxygen atoms in total. The molecular weight excluding hydrogens is 272 g/mol. The largest absolute Gasteiger partial charge is 0.423 e. The summed E-state index contributed by atoms with van der Waals surface area (Å²) in [6.07, 6.45) is 2.78. The SMILES string of the molecule is CC(C)(C)CC=C(C(=O)Oc1ccccc1)c1ccccc1. The van der Waals surface area contributed by atoms with Crippen LogP contribution in [0.5, 0.6) is 5.75 Å². The zero-order chi connectivity index (χ0) is 16.0. The van der Waals surface area contributed by atoms with Crippen LogP contribution in [0.1, 0.15) is 32.8 Å². The summed E-state index contributed by atoms with van der Waals surface area (Å²) in [6.45, 7) is 6.44. The molecule has 0 aromatic heterocycles. The van der Waals surface area contributed by atoms with Crippen LogP contribution in [-0.4, -0.2) is 5.97 Å². The molecule has 0 radical (unpaired) electrons. The molecule has 0 aliphatic heterocycles. The first-order valence-corrected chi connectivity index (χ1v) is 7.48. The van der Waals surface area contributed by atoms with Crippen molar-refractivity contribution in [3.63, 3.8) is 0 Å². The van der Waals surface area contributed by atoms with Gasteiger partial charge in [-0.05, 0) is 29.5 Å². The summed E-state index contributed by atoms with van der Waals surface area (Å²) >= 11 is 0. The fourth-order valence-corrected chi connectivity index (χ4v) is 2.00. The Labute approximate surface area is 132 Å². The first-order chi connectivity index (χ1) is 10.5. The maximum atomic E-state index is 12.5. The van der Waals surface area contributed by atoms with Gasteiger partial charge >= 0.3 is 5.97 Å². The Morgan fingerprint density at radius 1 is 0.955 bits per heavy atom. The van der Waals surface area contributed by atoms with Gasteiger partial charge in [-0.3, -0.25) is 0 Å². The van der Waals surface area contributed by atoms with E-state index in [1.165, 1.54) is 0 Å². The smallest absolute Gasteiger partial charge is 0.343 e. The quantitative estimate of drug-likeness (QED) is 0.445. The summed E-state index contributed by atoms with van der Waals surface area (Å²) in [7, 11) is 0. The van der Waals surface area contributed by atoms with E-state index < -0.39 is 0 Å². The van der Waals surface area contributed by atoms with E-state index in [4.69, 9.17) is 4.74 Å². The van der Waals surface area contributed by atoms with Gasteiger partial charge in [0.2, 0.25) is 0 Å². The van der Waals surface area contributed by atoms with Crippen LogP contribution in [0.25, 0.3) is 5.57 Å². The minimum atomic E-state index is -0.318. The first kappa shape index (κ1) is 16.0. The van der Waals surface area contributed by atoms with E-state index in [0.29, 0.717) is 11.3 Å². The fourth-order valence-electron chi connectivity index (χ4n) is 2.00. The Morgan fingerprint density at radius 2 is 1.50 bits per heavy atom. The van der Waals surface area contributed by atoms with Crippen molar-refractivity contribution in [2.75, 3.05) is 0 Å². The predicted octanol–water partition coefficient (Wildman–Crippen LogP) is 5.11. The Kier molecular flexibility index (Phi) is 5.16. The molecule has 0 unspecified atom stereocenters. The molecule has 0 aliphatic carbocycles. The Hall–Kier alpha value is -2.35. The van der Waals surface area contributed by atoms with Gasteiger partial charge in [-0.25, -0.2) is 4.79 Å².